The summed E-state index contributed by atoms with van der Waals surface area (Å²) in [7, 11) is 0. The van der Waals surface area contributed by atoms with Crippen LogP contribution in [0.4, 0.5) is 10.5 Å². The van der Waals surface area contributed by atoms with Crippen LogP contribution in [-0.2, 0) is 0 Å². The van der Waals surface area contributed by atoms with Crippen LogP contribution in [-0.4, -0.2) is 36.6 Å². The predicted octanol–water partition coefficient (Wildman–Crippen LogP) is 3.44. The Kier molecular flexibility index (Phi) is 8.14. The number of nitriles is 1. The number of hydrogen-bond acceptors (Lipinski definition) is 3. The number of nitrogens with zero attached hydrogens (tertiary/aromatic N) is 2. The molecule has 5 nitrogen and oxygen atoms in total. The van der Waals surface area contributed by atoms with Crippen LogP contribution in [0.1, 0.15) is 39.7 Å². The average Bonchev–Trinajstić information content (AvgIpc) is 2.53. The number of hydrogen-bond donors (Lipinski definition) is 2. The molecule has 1 unspecified atom stereocenters. The van der Waals surface area contributed by atoms with Crippen LogP contribution in [0.2, 0.25) is 0 Å². The van der Waals surface area contributed by atoms with Gasteiger partial charge in [-0.05, 0) is 37.6 Å². The lowest BCUT2D eigenvalue weighted by molar-refractivity contribution is 0.186. The Bertz CT molecular complexity index is 532. The quantitative estimate of drug-likeness (QED) is 0.772. The van der Waals surface area contributed by atoms with Gasteiger partial charge in [-0.3, -0.25) is 4.90 Å². The summed E-state index contributed by atoms with van der Waals surface area (Å²) in [5.41, 5.74) is 1.00. The van der Waals surface area contributed by atoms with Gasteiger partial charge in [0, 0.05) is 12.6 Å². The Morgan fingerprint density at radius 2 is 1.91 bits per heavy atom. The van der Waals surface area contributed by atoms with Crippen LogP contribution in [0.3, 0.4) is 0 Å². The van der Waals surface area contributed by atoms with E-state index >= 15 is 0 Å². The minimum atomic E-state index is -0.270. The number of carbonyl (C=O) groups excluding carboxylic acids is 1. The summed E-state index contributed by atoms with van der Waals surface area (Å²) in [6, 6.07) is 9.12. The molecule has 0 saturated heterocycles. The van der Waals surface area contributed by atoms with Crippen LogP contribution < -0.4 is 10.6 Å². The molecule has 0 aliphatic heterocycles. The fourth-order valence-corrected chi connectivity index (χ4v) is 2.71. The molecule has 0 aromatic heterocycles. The van der Waals surface area contributed by atoms with E-state index in [1.165, 1.54) is 0 Å². The summed E-state index contributed by atoms with van der Waals surface area (Å²) in [5.74, 6) is 0.574. The lowest BCUT2D eigenvalue weighted by atomic mass is 10.0. The Hall–Kier alpha value is -2.06. The van der Waals surface area contributed by atoms with Gasteiger partial charge in [0.25, 0.3) is 0 Å². The zero-order valence-corrected chi connectivity index (χ0v) is 14.6. The van der Waals surface area contributed by atoms with Crippen LogP contribution in [0, 0.1) is 17.2 Å². The average molecular weight is 316 g/mol. The number of likely N-dealkylation sites (N-methyl/N-ethyl adjacent to an activating group) is 1. The number of urea groups is 1. The lowest BCUT2D eigenvalue weighted by Gasteiger charge is -2.31. The van der Waals surface area contributed by atoms with E-state index in [-0.39, 0.29) is 6.03 Å². The van der Waals surface area contributed by atoms with E-state index in [9.17, 15) is 4.79 Å². The first-order chi connectivity index (χ1) is 11.0. The predicted molar refractivity (Wildman–Crippen MR) is 94.3 cm³/mol. The molecule has 1 aromatic rings. The number of rotatable bonds is 8. The molecule has 0 saturated carbocycles. The van der Waals surface area contributed by atoms with Crippen molar-refractivity contribution in [2.75, 3.05) is 25.0 Å². The molecule has 0 aliphatic carbocycles. The van der Waals surface area contributed by atoms with Gasteiger partial charge in [-0.2, -0.15) is 5.26 Å². The molecule has 0 bridgehead atoms. The first-order valence-electron chi connectivity index (χ1n) is 8.29. The maximum atomic E-state index is 12.1. The smallest absolute Gasteiger partial charge is 0.319 e. The molecule has 0 fully saturated rings. The summed E-state index contributed by atoms with van der Waals surface area (Å²) in [6.07, 6.45) is 1.04. The molecule has 1 atom stereocenters. The number of nitrogens with one attached hydrogen (secondary N) is 2. The van der Waals surface area contributed by atoms with E-state index in [0.29, 0.717) is 29.8 Å². The van der Waals surface area contributed by atoms with Crippen LogP contribution in [0.15, 0.2) is 24.3 Å². The maximum Gasteiger partial charge on any atom is 0.319 e. The van der Waals surface area contributed by atoms with E-state index in [2.05, 4.69) is 49.3 Å². The Morgan fingerprint density at radius 1 is 1.26 bits per heavy atom. The molecule has 23 heavy (non-hydrogen) atoms. The highest BCUT2D eigenvalue weighted by atomic mass is 16.2. The Balaban J connectivity index is 2.63. The number of benzene rings is 1. The molecule has 1 rings (SSSR count). The molecular formula is C18H28N4O. The van der Waals surface area contributed by atoms with E-state index in [1.54, 1.807) is 24.3 Å². The number of carbonyl (C=O) groups is 1. The van der Waals surface area contributed by atoms with Crippen LogP contribution in [0.5, 0.6) is 0 Å². The zero-order valence-electron chi connectivity index (χ0n) is 14.6. The van der Waals surface area contributed by atoms with Gasteiger partial charge in [0.2, 0.25) is 0 Å². The third-order valence-electron chi connectivity index (χ3n) is 3.87. The van der Waals surface area contributed by atoms with Crippen molar-refractivity contribution in [1.82, 2.24) is 10.2 Å². The molecule has 126 valence electrons. The molecule has 1 aromatic carbocycles. The van der Waals surface area contributed by atoms with Gasteiger partial charge in [0.15, 0.2) is 0 Å². The Morgan fingerprint density at radius 3 is 2.48 bits per heavy atom. The topological polar surface area (TPSA) is 68.2 Å². The number of amides is 2. The second-order valence-electron chi connectivity index (χ2n) is 6.00. The first kappa shape index (κ1) is 19.0. The minimum Gasteiger partial charge on any atom is -0.336 e. The van der Waals surface area contributed by atoms with Crippen molar-refractivity contribution in [2.24, 2.45) is 5.92 Å². The molecule has 0 spiro atoms. The third kappa shape index (κ3) is 6.29. The maximum absolute atomic E-state index is 12.1. The lowest BCUT2D eigenvalue weighted by Crippen LogP contribution is -2.45. The molecule has 0 heterocycles. The van der Waals surface area contributed by atoms with Crippen molar-refractivity contribution >= 4 is 11.7 Å². The van der Waals surface area contributed by atoms with Gasteiger partial charge in [0.1, 0.15) is 6.07 Å². The molecule has 5 heteroatoms. The summed E-state index contributed by atoms with van der Waals surface area (Å²) in [5, 5.41) is 14.7. The highest BCUT2D eigenvalue weighted by Gasteiger charge is 2.18. The van der Waals surface area contributed by atoms with E-state index < -0.39 is 0 Å². The van der Waals surface area contributed by atoms with Crippen molar-refractivity contribution < 1.29 is 4.79 Å². The van der Waals surface area contributed by atoms with E-state index in [4.69, 9.17) is 5.26 Å². The van der Waals surface area contributed by atoms with Gasteiger partial charge in [0.05, 0.1) is 11.3 Å². The first-order valence-corrected chi connectivity index (χ1v) is 8.29. The monoisotopic (exact) mass is 316 g/mol. The fourth-order valence-electron chi connectivity index (χ4n) is 2.71. The van der Waals surface area contributed by atoms with Crippen molar-refractivity contribution in [3.05, 3.63) is 29.8 Å². The van der Waals surface area contributed by atoms with Gasteiger partial charge < -0.3 is 10.6 Å². The minimum absolute atomic E-state index is 0.270. The SMILES string of the molecule is CCN(CC)C(CNC(=O)Nc1ccccc1C#N)CC(C)C. The summed E-state index contributed by atoms with van der Waals surface area (Å²) in [4.78, 5) is 14.5. The summed E-state index contributed by atoms with van der Waals surface area (Å²) in [6.45, 7) is 11.2. The Labute approximate surface area is 139 Å². The van der Waals surface area contributed by atoms with Gasteiger partial charge in [-0.25, -0.2) is 4.79 Å². The van der Waals surface area contributed by atoms with Gasteiger partial charge in [-0.1, -0.05) is 39.8 Å². The van der Waals surface area contributed by atoms with Crippen molar-refractivity contribution in [1.29, 1.82) is 5.26 Å². The summed E-state index contributed by atoms with van der Waals surface area (Å²) >= 11 is 0. The van der Waals surface area contributed by atoms with Gasteiger partial charge in [-0.15, -0.1) is 0 Å². The summed E-state index contributed by atoms with van der Waals surface area (Å²) < 4.78 is 0. The normalized spacial score (nSPS) is 12.0. The standard InChI is InChI=1S/C18H28N4O/c1-5-22(6-2)16(11-14(3)4)13-20-18(23)21-17-10-8-7-9-15(17)12-19/h7-10,14,16H,5-6,11,13H2,1-4H3,(H2,20,21,23). The molecule has 2 amide bonds. The van der Waals surface area contributed by atoms with Crippen molar-refractivity contribution in [2.45, 2.75) is 40.2 Å². The van der Waals surface area contributed by atoms with Gasteiger partial charge >= 0.3 is 6.03 Å². The van der Waals surface area contributed by atoms with Crippen molar-refractivity contribution in [3.63, 3.8) is 0 Å². The van der Waals surface area contributed by atoms with E-state index in [1.807, 2.05) is 0 Å². The highest BCUT2D eigenvalue weighted by molar-refractivity contribution is 5.90. The zero-order chi connectivity index (χ0) is 17.2. The number of para-hydroxylation sites is 1. The third-order valence-corrected chi connectivity index (χ3v) is 3.87. The largest absolute Gasteiger partial charge is 0.336 e. The molecule has 2 N–H and O–H groups in total. The van der Waals surface area contributed by atoms with Crippen LogP contribution in [0.25, 0.3) is 0 Å². The molecule has 0 aliphatic rings. The van der Waals surface area contributed by atoms with E-state index in [0.717, 1.165) is 19.5 Å². The second-order valence-corrected chi connectivity index (χ2v) is 6.00. The highest BCUT2D eigenvalue weighted by Crippen LogP contribution is 2.14. The molecule has 0 radical (unpaired) electrons. The second kappa shape index (κ2) is 9.86. The number of anilines is 1. The fraction of sp³-hybridized carbons (Fsp3) is 0.556. The molecular weight excluding hydrogens is 288 g/mol. The van der Waals surface area contributed by atoms with Crippen LogP contribution >= 0.6 is 0 Å². The van der Waals surface area contributed by atoms with Crippen molar-refractivity contribution in [3.8, 4) is 6.07 Å².